The Balaban J connectivity index is 1.93. The van der Waals surface area contributed by atoms with Crippen molar-refractivity contribution in [2.24, 2.45) is 0 Å². The lowest BCUT2D eigenvalue weighted by molar-refractivity contribution is 0.153. The third kappa shape index (κ3) is 5.18. The smallest absolute Gasteiger partial charge is 0.216 e. The highest BCUT2D eigenvalue weighted by Crippen LogP contribution is 2.15. The van der Waals surface area contributed by atoms with Crippen LogP contribution in [0.4, 0.5) is 5.82 Å². The van der Waals surface area contributed by atoms with Crippen molar-refractivity contribution in [3.8, 4) is 11.8 Å². The van der Waals surface area contributed by atoms with Crippen molar-refractivity contribution in [3.05, 3.63) is 24.4 Å². The molecular weight excluding hydrogens is 328 g/mol. The second-order valence-corrected chi connectivity index (χ2v) is 7.62. The molecule has 0 bridgehead atoms. The van der Waals surface area contributed by atoms with Crippen molar-refractivity contribution >= 4 is 15.8 Å². The van der Waals surface area contributed by atoms with Crippen LogP contribution in [0.2, 0.25) is 0 Å². The van der Waals surface area contributed by atoms with Crippen molar-refractivity contribution in [1.29, 1.82) is 0 Å². The quantitative estimate of drug-likeness (QED) is 0.579. The minimum atomic E-state index is -3.48. The molecule has 1 fully saturated rings. The van der Waals surface area contributed by atoms with Crippen molar-refractivity contribution in [1.82, 2.24) is 14.8 Å². The normalized spacial score (nSPS) is 17.2. The van der Waals surface area contributed by atoms with Gasteiger partial charge in [-0.25, -0.2) is 13.4 Å². The summed E-state index contributed by atoms with van der Waals surface area (Å²) in [6.45, 7) is 3.98. The first-order valence-electron chi connectivity index (χ1n) is 8.08. The number of anilines is 1. The maximum absolute atomic E-state index is 12.5. The minimum absolute atomic E-state index is 0.232. The van der Waals surface area contributed by atoms with Crippen LogP contribution in [0.25, 0.3) is 0 Å². The molecule has 132 valence electrons. The van der Waals surface area contributed by atoms with Gasteiger partial charge in [0, 0.05) is 38.8 Å². The monoisotopic (exact) mass is 352 g/mol. The molecule has 1 aromatic rings. The van der Waals surface area contributed by atoms with Crippen LogP contribution in [0.1, 0.15) is 19.8 Å². The zero-order valence-corrected chi connectivity index (χ0v) is 14.7. The summed E-state index contributed by atoms with van der Waals surface area (Å²) >= 11 is 0. The Hall–Kier alpha value is -1.66. The summed E-state index contributed by atoms with van der Waals surface area (Å²) in [4.78, 5) is 6.35. The van der Waals surface area contributed by atoms with Crippen LogP contribution in [0.15, 0.2) is 24.4 Å². The summed E-state index contributed by atoms with van der Waals surface area (Å²) < 4.78 is 26.5. The molecule has 0 saturated carbocycles. The van der Waals surface area contributed by atoms with Crippen LogP contribution in [-0.4, -0.2) is 60.9 Å². The van der Waals surface area contributed by atoms with E-state index in [1.807, 2.05) is 30.6 Å². The molecule has 7 nitrogen and oxygen atoms in total. The average Bonchev–Trinajstić information content (AvgIpc) is 2.62. The van der Waals surface area contributed by atoms with Crippen LogP contribution in [0, 0.1) is 11.8 Å². The van der Waals surface area contributed by atoms with Gasteiger partial charge in [-0.05, 0) is 18.6 Å². The molecule has 1 atom stereocenters. The number of aromatic nitrogens is 1. The number of hydrogen-bond acceptors (Lipinski definition) is 6. The highest BCUT2D eigenvalue weighted by molar-refractivity contribution is 7.89. The van der Waals surface area contributed by atoms with E-state index in [1.165, 1.54) is 4.31 Å². The molecule has 2 N–H and O–H groups in total. The van der Waals surface area contributed by atoms with Gasteiger partial charge in [-0.15, -0.1) is 5.92 Å². The molecule has 1 saturated heterocycles. The maximum Gasteiger partial charge on any atom is 0.216 e. The Morgan fingerprint density at radius 1 is 1.33 bits per heavy atom. The summed E-state index contributed by atoms with van der Waals surface area (Å²) in [6, 6.07) is 4.92. The van der Waals surface area contributed by atoms with E-state index in [0.29, 0.717) is 32.6 Å². The molecule has 1 aliphatic heterocycles. The molecule has 1 unspecified atom stereocenters. The van der Waals surface area contributed by atoms with Crippen molar-refractivity contribution in [2.45, 2.75) is 25.8 Å². The summed E-state index contributed by atoms with van der Waals surface area (Å²) in [6.07, 6.45) is 3.30. The van der Waals surface area contributed by atoms with Gasteiger partial charge in [-0.2, -0.15) is 9.79 Å². The van der Waals surface area contributed by atoms with E-state index in [2.05, 4.69) is 21.7 Å². The number of sulfonamides is 1. The molecule has 0 spiro atoms. The molecule has 24 heavy (non-hydrogen) atoms. The lowest BCUT2D eigenvalue weighted by Gasteiger charge is -2.34. The second kappa shape index (κ2) is 8.99. The molecule has 2 heterocycles. The van der Waals surface area contributed by atoms with E-state index in [0.717, 1.165) is 12.2 Å². The fourth-order valence-electron chi connectivity index (χ4n) is 2.48. The predicted octanol–water partition coefficient (Wildman–Crippen LogP) is 0.684. The van der Waals surface area contributed by atoms with Gasteiger partial charge in [0.15, 0.2) is 0 Å². The third-order valence-electron chi connectivity index (χ3n) is 3.79. The van der Waals surface area contributed by atoms with Gasteiger partial charge in [0.2, 0.25) is 10.0 Å². The molecule has 1 aromatic heterocycles. The summed E-state index contributed by atoms with van der Waals surface area (Å²) in [7, 11) is -3.48. The van der Waals surface area contributed by atoms with Crippen LogP contribution in [-0.2, 0) is 10.0 Å². The summed E-state index contributed by atoms with van der Waals surface area (Å²) in [5, 5.41) is 9.13. The van der Waals surface area contributed by atoms with Gasteiger partial charge in [0.05, 0.1) is 5.75 Å². The largest absolute Gasteiger partial charge is 0.354 e. The number of hydroxylamine groups is 1. The zero-order valence-electron chi connectivity index (χ0n) is 13.9. The molecule has 0 aromatic carbocycles. The van der Waals surface area contributed by atoms with Gasteiger partial charge < -0.3 is 10.1 Å². The van der Waals surface area contributed by atoms with Crippen molar-refractivity contribution < 1.29 is 13.6 Å². The second-order valence-electron chi connectivity index (χ2n) is 5.61. The van der Waals surface area contributed by atoms with E-state index in [9.17, 15) is 8.42 Å². The Kier molecular flexibility index (Phi) is 6.99. The van der Waals surface area contributed by atoms with E-state index >= 15 is 0 Å². The maximum atomic E-state index is 12.5. The van der Waals surface area contributed by atoms with E-state index in [1.54, 1.807) is 6.20 Å². The number of nitrogens with one attached hydrogen (secondary N) is 1. The molecule has 8 heteroatoms. The summed E-state index contributed by atoms with van der Waals surface area (Å²) in [5.74, 6) is 6.26. The molecule has 0 radical (unpaired) electrons. The number of piperazine rings is 1. The molecule has 0 aliphatic carbocycles. The predicted molar refractivity (Wildman–Crippen MR) is 93.2 cm³/mol. The molecule has 2 rings (SSSR count). The first-order valence-corrected chi connectivity index (χ1v) is 9.69. The highest BCUT2D eigenvalue weighted by atomic mass is 32.2. The number of rotatable bonds is 6. The van der Waals surface area contributed by atoms with Gasteiger partial charge in [-0.1, -0.05) is 18.9 Å². The lowest BCUT2D eigenvalue weighted by atomic mass is 10.3. The Bertz CT molecular complexity index is 662. The molecular formula is C16H24N4O3S. The number of nitrogens with zero attached hydrogens (tertiary/aromatic N) is 3. The minimum Gasteiger partial charge on any atom is -0.354 e. The van der Waals surface area contributed by atoms with Crippen molar-refractivity contribution in [2.75, 3.05) is 36.8 Å². The SMILES string of the molecule is CCCC#CC(CS(=O)(=O)N1CCN(c2ccccn2)CC1)NO. The number of hydrogen-bond donors (Lipinski definition) is 2. The number of pyridine rings is 1. The fourth-order valence-corrected chi connectivity index (χ4v) is 3.99. The van der Waals surface area contributed by atoms with Crippen LogP contribution < -0.4 is 10.4 Å². The van der Waals surface area contributed by atoms with Crippen molar-refractivity contribution in [3.63, 3.8) is 0 Å². The first kappa shape index (κ1) is 18.7. The van der Waals surface area contributed by atoms with Crippen LogP contribution in [0.3, 0.4) is 0 Å². The van der Waals surface area contributed by atoms with Gasteiger partial charge >= 0.3 is 0 Å². The third-order valence-corrected chi connectivity index (χ3v) is 5.70. The molecule has 0 amide bonds. The summed E-state index contributed by atoms with van der Waals surface area (Å²) in [5.41, 5.74) is 1.99. The van der Waals surface area contributed by atoms with E-state index < -0.39 is 16.1 Å². The Morgan fingerprint density at radius 2 is 2.08 bits per heavy atom. The zero-order chi connectivity index (χ0) is 17.4. The Labute approximate surface area is 143 Å². The van der Waals surface area contributed by atoms with E-state index in [4.69, 9.17) is 5.21 Å². The fraction of sp³-hybridized carbons (Fsp3) is 0.562. The van der Waals surface area contributed by atoms with Crippen LogP contribution >= 0.6 is 0 Å². The van der Waals surface area contributed by atoms with Gasteiger partial charge in [-0.3, -0.25) is 0 Å². The van der Waals surface area contributed by atoms with Gasteiger partial charge in [0.1, 0.15) is 11.9 Å². The van der Waals surface area contributed by atoms with Gasteiger partial charge in [0.25, 0.3) is 0 Å². The van der Waals surface area contributed by atoms with Crippen LogP contribution in [0.5, 0.6) is 0 Å². The topological polar surface area (TPSA) is 85.8 Å². The number of unbranched alkanes of at least 4 members (excludes halogenated alkanes) is 1. The average molecular weight is 352 g/mol. The van der Waals surface area contributed by atoms with E-state index in [-0.39, 0.29) is 5.75 Å². The first-order chi connectivity index (χ1) is 11.6. The standard InChI is InChI=1S/C16H24N4O3S/c1-2-3-4-7-15(18-21)14-24(22,23)20-12-10-19(11-13-20)16-8-5-6-9-17-16/h5-6,8-9,15,18,21H,2-3,10-14H2,1H3. The Morgan fingerprint density at radius 3 is 2.67 bits per heavy atom. The lowest BCUT2D eigenvalue weighted by Crippen LogP contribution is -2.51. The molecule has 1 aliphatic rings. The highest BCUT2D eigenvalue weighted by Gasteiger charge is 2.29.